The average molecular weight is 366 g/mol. The minimum atomic E-state index is -0.342. The average Bonchev–Trinajstić information content (AvgIpc) is 2.63. The third-order valence-electron chi connectivity index (χ3n) is 5.82. The van der Waals surface area contributed by atoms with Gasteiger partial charge < -0.3 is 18.9 Å². The van der Waals surface area contributed by atoms with Crippen LogP contribution in [-0.2, 0) is 13.5 Å². The second-order valence-corrected chi connectivity index (χ2v) is 8.07. The van der Waals surface area contributed by atoms with Crippen molar-refractivity contribution in [3.05, 3.63) is 46.1 Å². The fourth-order valence-corrected chi connectivity index (χ4v) is 4.51. The Morgan fingerprint density at radius 3 is 2.63 bits per heavy atom. The SMILES string of the molecule is COc1cc2c(c3c1c(=O)c1ccccc1n3C)CC(N(C)C)C(C)(C)O2. The van der Waals surface area contributed by atoms with E-state index in [1.165, 1.54) is 0 Å². The maximum Gasteiger partial charge on any atom is 0.200 e. The number of nitrogens with zero attached hydrogens (tertiary/aromatic N) is 2. The number of ether oxygens (including phenoxy) is 2. The van der Waals surface area contributed by atoms with Gasteiger partial charge in [0.1, 0.15) is 17.1 Å². The lowest BCUT2D eigenvalue weighted by Crippen LogP contribution is -2.53. The van der Waals surface area contributed by atoms with E-state index < -0.39 is 0 Å². The smallest absolute Gasteiger partial charge is 0.200 e. The van der Waals surface area contributed by atoms with E-state index in [-0.39, 0.29) is 17.1 Å². The summed E-state index contributed by atoms with van der Waals surface area (Å²) in [6.07, 6.45) is 0.807. The molecule has 0 amide bonds. The number of hydrogen-bond donors (Lipinski definition) is 0. The van der Waals surface area contributed by atoms with Crippen LogP contribution in [0.25, 0.3) is 21.8 Å². The monoisotopic (exact) mass is 366 g/mol. The number of pyridine rings is 1. The molecule has 27 heavy (non-hydrogen) atoms. The number of rotatable bonds is 2. The predicted octanol–water partition coefficient (Wildman–Crippen LogP) is 3.34. The molecule has 0 spiro atoms. The summed E-state index contributed by atoms with van der Waals surface area (Å²) in [7, 11) is 7.75. The molecule has 1 unspecified atom stereocenters. The second kappa shape index (κ2) is 5.99. The molecule has 5 heteroatoms. The highest BCUT2D eigenvalue weighted by molar-refractivity contribution is 5.99. The number of para-hydroxylation sites is 1. The van der Waals surface area contributed by atoms with Gasteiger partial charge in [-0.1, -0.05) is 12.1 Å². The van der Waals surface area contributed by atoms with Gasteiger partial charge in [0.05, 0.1) is 29.6 Å². The van der Waals surface area contributed by atoms with Crippen LogP contribution in [0.3, 0.4) is 0 Å². The normalized spacial score (nSPS) is 18.6. The third-order valence-corrected chi connectivity index (χ3v) is 5.82. The first-order valence-electron chi connectivity index (χ1n) is 9.23. The number of benzene rings is 2. The minimum absolute atomic E-state index is 0.00425. The standard InChI is InChI=1S/C22H26N2O3/c1-22(2)18(23(3)4)11-14-16(27-22)12-17(26-6)19-20(14)24(5)15-10-8-7-9-13(15)21(19)25/h7-10,12,18H,11H2,1-6H3. The molecule has 0 saturated heterocycles. The molecular weight excluding hydrogens is 340 g/mol. The Morgan fingerprint density at radius 2 is 1.96 bits per heavy atom. The Labute approximate surface area is 159 Å². The Morgan fingerprint density at radius 1 is 1.26 bits per heavy atom. The van der Waals surface area contributed by atoms with Crippen LogP contribution in [0.15, 0.2) is 35.1 Å². The molecule has 1 atom stereocenters. The van der Waals surface area contributed by atoms with Crippen molar-refractivity contribution in [1.82, 2.24) is 9.47 Å². The fraction of sp³-hybridized carbons (Fsp3) is 0.409. The molecule has 1 aliphatic heterocycles. The van der Waals surface area contributed by atoms with Crippen LogP contribution in [0.4, 0.5) is 0 Å². The maximum absolute atomic E-state index is 13.3. The summed E-state index contributed by atoms with van der Waals surface area (Å²) in [5.41, 5.74) is 2.54. The van der Waals surface area contributed by atoms with Crippen molar-refractivity contribution in [1.29, 1.82) is 0 Å². The first-order chi connectivity index (χ1) is 12.8. The molecule has 0 saturated carbocycles. The van der Waals surface area contributed by atoms with Gasteiger partial charge in [-0.05, 0) is 46.5 Å². The first kappa shape index (κ1) is 17.9. The zero-order valence-corrected chi connectivity index (χ0v) is 16.8. The number of methoxy groups -OCH3 is 1. The van der Waals surface area contributed by atoms with Crippen LogP contribution in [0.1, 0.15) is 19.4 Å². The van der Waals surface area contributed by atoms with E-state index in [9.17, 15) is 4.79 Å². The molecule has 0 radical (unpaired) electrons. The number of aryl methyl sites for hydroxylation is 1. The van der Waals surface area contributed by atoms with Crippen molar-refractivity contribution in [3.8, 4) is 11.5 Å². The Balaban J connectivity index is 2.16. The van der Waals surface area contributed by atoms with Gasteiger partial charge in [0.2, 0.25) is 5.43 Å². The van der Waals surface area contributed by atoms with Crippen molar-refractivity contribution in [2.75, 3.05) is 21.2 Å². The maximum atomic E-state index is 13.3. The molecule has 4 rings (SSSR count). The Kier molecular flexibility index (Phi) is 3.96. The van der Waals surface area contributed by atoms with Crippen LogP contribution < -0.4 is 14.9 Å². The highest BCUT2D eigenvalue weighted by Crippen LogP contribution is 2.42. The van der Waals surface area contributed by atoms with E-state index in [0.717, 1.165) is 28.8 Å². The predicted molar refractivity (Wildman–Crippen MR) is 109 cm³/mol. The molecule has 0 bridgehead atoms. The van der Waals surface area contributed by atoms with Crippen molar-refractivity contribution < 1.29 is 9.47 Å². The lowest BCUT2D eigenvalue weighted by Gasteiger charge is -2.43. The van der Waals surface area contributed by atoms with Crippen LogP contribution in [0.2, 0.25) is 0 Å². The molecule has 0 aliphatic carbocycles. The zero-order valence-electron chi connectivity index (χ0n) is 16.8. The summed E-state index contributed by atoms with van der Waals surface area (Å²) in [4.78, 5) is 15.5. The van der Waals surface area contributed by atoms with Crippen molar-refractivity contribution in [3.63, 3.8) is 0 Å². The van der Waals surface area contributed by atoms with Crippen molar-refractivity contribution in [2.45, 2.75) is 31.9 Å². The van der Waals surface area contributed by atoms with Crippen molar-refractivity contribution >= 4 is 21.8 Å². The highest BCUT2D eigenvalue weighted by atomic mass is 16.5. The topological polar surface area (TPSA) is 43.7 Å². The minimum Gasteiger partial charge on any atom is -0.496 e. The molecule has 1 aliphatic rings. The summed E-state index contributed by atoms with van der Waals surface area (Å²) < 4.78 is 14.1. The molecule has 142 valence electrons. The van der Waals surface area contributed by atoms with Gasteiger partial charge in [0, 0.05) is 24.1 Å². The van der Waals surface area contributed by atoms with Crippen LogP contribution in [0, 0.1) is 0 Å². The summed E-state index contributed by atoms with van der Waals surface area (Å²) in [5, 5.41) is 1.32. The molecule has 0 N–H and O–H groups in total. The number of likely N-dealkylation sites (N-methyl/N-ethyl adjacent to an activating group) is 1. The molecule has 5 nitrogen and oxygen atoms in total. The quantitative estimate of drug-likeness (QED) is 0.653. The second-order valence-electron chi connectivity index (χ2n) is 8.07. The number of fused-ring (bicyclic) bond motifs is 4. The van der Waals surface area contributed by atoms with E-state index in [1.54, 1.807) is 7.11 Å². The van der Waals surface area contributed by atoms with E-state index in [0.29, 0.717) is 16.5 Å². The summed E-state index contributed by atoms with van der Waals surface area (Å²) in [6.45, 7) is 4.22. The van der Waals surface area contributed by atoms with Gasteiger partial charge in [-0.25, -0.2) is 0 Å². The summed E-state index contributed by atoms with van der Waals surface area (Å²) in [6, 6.07) is 9.79. The lowest BCUT2D eigenvalue weighted by molar-refractivity contribution is 0.00655. The van der Waals surface area contributed by atoms with Gasteiger partial charge in [0.25, 0.3) is 0 Å². The summed E-state index contributed by atoms with van der Waals surface area (Å²) in [5.74, 6) is 1.36. The number of aromatic nitrogens is 1. The van der Waals surface area contributed by atoms with Gasteiger partial charge in [-0.3, -0.25) is 4.79 Å². The molecule has 2 aromatic carbocycles. The zero-order chi connectivity index (χ0) is 19.5. The van der Waals surface area contributed by atoms with Gasteiger partial charge in [-0.15, -0.1) is 0 Å². The van der Waals surface area contributed by atoms with Crippen LogP contribution in [-0.4, -0.2) is 42.3 Å². The van der Waals surface area contributed by atoms with Gasteiger partial charge in [-0.2, -0.15) is 0 Å². The van der Waals surface area contributed by atoms with E-state index in [1.807, 2.05) is 37.4 Å². The van der Waals surface area contributed by atoms with E-state index in [4.69, 9.17) is 9.47 Å². The van der Waals surface area contributed by atoms with E-state index >= 15 is 0 Å². The Hall–Kier alpha value is -2.53. The van der Waals surface area contributed by atoms with Gasteiger partial charge in [0.15, 0.2) is 0 Å². The molecular formula is C22H26N2O3. The molecule has 0 fully saturated rings. The molecule has 3 aromatic rings. The number of hydrogen-bond acceptors (Lipinski definition) is 4. The lowest BCUT2D eigenvalue weighted by atomic mass is 9.86. The highest BCUT2D eigenvalue weighted by Gasteiger charge is 2.40. The van der Waals surface area contributed by atoms with E-state index in [2.05, 4.69) is 37.4 Å². The Bertz CT molecular complexity index is 1110. The van der Waals surface area contributed by atoms with Crippen LogP contribution in [0.5, 0.6) is 11.5 Å². The fourth-order valence-electron chi connectivity index (χ4n) is 4.51. The first-order valence-corrected chi connectivity index (χ1v) is 9.23. The van der Waals surface area contributed by atoms with Crippen molar-refractivity contribution in [2.24, 2.45) is 7.05 Å². The molecule has 2 heterocycles. The third kappa shape index (κ3) is 2.52. The largest absolute Gasteiger partial charge is 0.496 e. The van der Waals surface area contributed by atoms with Crippen LogP contribution >= 0.6 is 0 Å². The van der Waals surface area contributed by atoms with Gasteiger partial charge >= 0.3 is 0 Å². The molecule has 1 aromatic heterocycles. The summed E-state index contributed by atoms with van der Waals surface area (Å²) >= 11 is 0.